The van der Waals surface area contributed by atoms with Crippen molar-refractivity contribution in [3.8, 4) is 11.1 Å². The number of rotatable bonds is 6. The zero-order valence-corrected chi connectivity index (χ0v) is 23.7. The molecule has 176 valence electrons. The molecule has 0 radical (unpaired) electrons. The van der Waals surface area contributed by atoms with Crippen molar-refractivity contribution in [3.05, 3.63) is 46.5 Å². The van der Waals surface area contributed by atoms with E-state index in [9.17, 15) is 4.79 Å². The monoisotopic (exact) mass is 613 g/mol. The first-order chi connectivity index (χ1) is 15.8. The first-order valence-corrected chi connectivity index (χ1v) is 16.1. The van der Waals surface area contributed by atoms with E-state index in [1.807, 2.05) is 17.2 Å². The molecular formula is C25H29ClIN3OS2. The molecule has 0 spiro atoms. The van der Waals surface area contributed by atoms with Crippen molar-refractivity contribution < 1.29 is 0 Å². The number of aryl methyl sites for hydroxylation is 2. The van der Waals surface area contributed by atoms with Crippen LogP contribution < -0.4 is 10.9 Å². The number of anilines is 1. The summed E-state index contributed by atoms with van der Waals surface area (Å²) >= 11 is 10.7. The summed E-state index contributed by atoms with van der Waals surface area (Å²) in [6.45, 7) is 4.42. The Hall–Kier alpha value is -0.770. The number of pyridine rings is 1. The molecule has 4 nitrogen and oxygen atoms in total. The standard InChI is InChI=1S/C25H29ClIN3OS2/c1-15-4-6-17(7-5-15)28-22-9-8-18(32-25(26)10-11-25)13-19(22)21-14-29(3)24(31)23-20(21)12-16(2)30(23)33-27/h8-9,12-15,17,28H,4-7,10-11H2,1-3H3. The van der Waals surface area contributed by atoms with Gasteiger partial charge in [-0.2, -0.15) is 0 Å². The Morgan fingerprint density at radius 3 is 2.55 bits per heavy atom. The second-order valence-electron chi connectivity index (χ2n) is 9.66. The fraction of sp³-hybridized carbons (Fsp3) is 0.480. The number of alkyl halides is 1. The number of nitrogens with zero attached hydrogens (tertiary/aromatic N) is 2. The Bertz CT molecular complexity index is 1260. The van der Waals surface area contributed by atoms with Gasteiger partial charge >= 0.3 is 0 Å². The van der Waals surface area contributed by atoms with Crippen LogP contribution in [-0.4, -0.2) is 18.8 Å². The van der Waals surface area contributed by atoms with E-state index in [0.29, 0.717) is 6.04 Å². The second-order valence-corrected chi connectivity index (χ2v) is 13.8. The SMILES string of the molecule is Cc1cc2c(-c3cc(SC4(Cl)CC4)ccc3NC3CCC(C)CC3)cn(C)c(=O)c2n1SI. The first-order valence-electron chi connectivity index (χ1n) is 11.6. The molecule has 0 unspecified atom stereocenters. The number of hydrogen-bond acceptors (Lipinski definition) is 4. The van der Waals surface area contributed by atoms with Crippen molar-refractivity contribution in [2.24, 2.45) is 13.0 Å². The quantitative estimate of drug-likeness (QED) is 0.226. The van der Waals surface area contributed by atoms with E-state index in [4.69, 9.17) is 11.6 Å². The predicted octanol–water partition coefficient (Wildman–Crippen LogP) is 7.97. The summed E-state index contributed by atoms with van der Waals surface area (Å²) in [6.07, 6.45) is 9.04. The lowest BCUT2D eigenvalue weighted by molar-refractivity contribution is 0.361. The van der Waals surface area contributed by atoms with Gasteiger partial charge in [-0.15, -0.1) is 23.4 Å². The smallest absolute Gasteiger partial charge is 0.275 e. The van der Waals surface area contributed by atoms with Gasteiger partial charge in [-0.05, 0) is 75.6 Å². The Morgan fingerprint density at radius 1 is 1.15 bits per heavy atom. The second kappa shape index (κ2) is 9.36. The Kier molecular flexibility index (Phi) is 6.79. The van der Waals surface area contributed by atoms with E-state index in [1.54, 1.807) is 25.4 Å². The van der Waals surface area contributed by atoms with Crippen LogP contribution in [0.5, 0.6) is 0 Å². The molecule has 0 bridgehead atoms. The van der Waals surface area contributed by atoms with Crippen LogP contribution in [0.4, 0.5) is 5.69 Å². The van der Waals surface area contributed by atoms with E-state index in [-0.39, 0.29) is 9.77 Å². The number of hydrogen-bond donors (Lipinski definition) is 1. The highest BCUT2D eigenvalue weighted by Gasteiger charge is 2.41. The molecule has 2 aliphatic carbocycles. The van der Waals surface area contributed by atoms with Gasteiger partial charge in [0, 0.05) is 82.4 Å². The summed E-state index contributed by atoms with van der Waals surface area (Å²) in [5, 5.41) is 4.87. The molecular weight excluding hydrogens is 585 g/mol. The van der Waals surface area contributed by atoms with Crippen LogP contribution in [0.15, 0.2) is 40.2 Å². The van der Waals surface area contributed by atoms with Crippen LogP contribution >= 0.6 is 53.7 Å². The number of thioether (sulfide) groups is 1. The zero-order valence-electron chi connectivity index (χ0n) is 19.2. The number of benzene rings is 1. The van der Waals surface area contributed by atoms with Crippen molar-refractivity contribution >= 4 is 70.3 Å². The third-order valence-electron chi connectivity index (χ3n) is 6.94. The van der Waals surface area contributed by atoms with E-state index in [0.717, 1.165) is 52.2 Å². The van der Waals surface area contributed by atoms with Gasteiger partial charge in [0.25, 0.3) is 5.56 Å². The van der Waals surface area contributed by atoms with Crippen molar-refractivity contribution in [2.75, 3.05) is 5.32 Å². The van der Waals surface area contributed by atoms with E-state index >= 15 is 0 Å². The minimum Gasteiger partial charge on any atom is -0.382 e. The highest BCUT2D eigenvalue weighted by molar-refractivity contribution is 14.2. The average molecular weight is 614 g/mol. The molecule has 2 saturated carbocycles. The summed E-state index contributed by atoms with van der Waals surface area (Å²) in [5.41, 5.74) is 5.24. The van der Waals surface area contributed by atoms with Crippen LogP contribution in [0.1, 0.15) is 51.1 Å². The zero-order chi connectivity index (χ0) is 23.3. The summed E-state index contributed by atoms with van der Waals surface area (Å²) in [4.78, 5) is 14.3. The lowest BCUT2D eigenvalue weighted by Crippen LogP contribution is -2.25. The van der Waals surface area contributed by atoms with E-state index in [2.05, 4.69) is 64.6 Å². The van der Waals surface area contributed by atoms with Crippen molar-refractivity contribution in [1.29, 1.82) is 0 Å². The van der Waals surface area contributed by atoms with Gasteiger partial charge in [0.2, 0.25) is 0 Å². The Morgan fingerprint density at radius 2 is 1.88 bits per heavy atom. The van der Waals surface area contributed by atoms with Gasteiger partial charge in [-0.25, -0.2) is 0 Å². The summed E-state index contributed by atoms with van der Waals surface area (Å²) < 4.78 is 3.60. The summed E-state index contributed by atoms with van der Waals surface area (Å²) in [7, 11) is 3.40. The molecule has 5 rings (SSSR count). The highest BCUT2D eigenvalue weighted by Crippen LogP contribution is 2.55. The number of fused-ring (bicyclic) bond motifs is 1. The van der Waals surface area contributed by atoms with Crippen LogP contribution in [0.3, 0.4) is 0 Å². The van der Waals surface area contributed by atoms with Crippen LogP contribution in [0.25, 0.3) is 22.0 Å². The lowest BCUT2D eigenvalue weighted by Gasteiger charge is -2.29. The van der Waals surface area contributed by atoms with Crippen LogP contribution in [0.2, 0.25) is 0 Å². The van der Waals surface area contributed by atoms with Gasteiger partial charge < -0.3 is 9.88 Å². The van der Waals surface area contributed by atoms with Crippen LogP contribution in [0, 0.1) is 12.8 Å². The molecule has 1 N–H and O–H groups in total. The maximum atomic E-state index is 13.1. The van der Waals surface area contributed by atoms with Gasteiger partial charge in [0.05, 0.1) is 4.21 Å². The normalized spacial score (nSPS) is 22.0. The average Bonchev–Trinajstić information content (AvgIpc) is 3.41. The molecule has 2 aliphatic rings. The van der Waals surface area contributed by atoms with Gasteiger partial charge in [-0.1, -0.05) is 6.92 Å². The Labute approximate surface area is 220 Å². The molecule has 2 aromatic heterocycles. The Balaban J connectivity index is 1.65. The van der Waals surface area contributed by atoms with E-state index < -0.39 is 0 Å². The number of aromatic nitrogens is 2. The summed E-state index contributed by atoms with van der Waals surface area (Å²) in [6, 6.07) is 9.31. The lowest BCUT2D eigenvalue weighted by atomic mass is 9.87. The largest absolute Gasteiger partial charge is 0.382 e. The third-order valence-corrected chi connectivity index (χ3v) is 10.6. The molecule has 0 atom stereocenters. The van der Waals surface area contributed by atoms with Crippen molar-refractivity contribution in [1.82, 2.24) is 8.54 Å². The third kappa shape index (κ3) is 4.84. The molecule has 2 heterocycles. The minimum absolute atomic E-state index is 0.0324. The first kappa shape index (κ1) is 23.9. The molecule has 0 amide bonds. The van der Waals surface area contributed by atoms with Gasteiger partial charge in [0.15, 0.2) is 0 Å². The number of halogens is 2. The molecule has 8 heteroatoms. The molecule has 0 saturated heterocycles. The van der Waals surface area contributed by atoms with Crippen LogP contribution in [-0.2, 0) is 7.05 Å². The van der Waals surface area contributed by atoms with Crippen molar-refractivity contribution in [2.45, 2.75) is 67.5 Å². The summed E-state index contributed by atoms with van der Waals surface area (Å²) in [5.74, 6) is 0.816. The van der Waals surface area contributed by atoms with E-state index in [1.165, 1.54) is 30.6 Å². The molecule has 3 aromatic rings. The fourth-order valence-electron chi connectivity index (χ4n) is 4.79. The number of nitrogens with one attached hydrogen (secondary N) is 1. The van der Waals surface area contributed by atoms with Gasteiger partial charge in [0.1, 0.15) is 5.52 Å². The van der Waals surface area contributed by atoms with Gasteiger partial charge in [-0.3, -0.25) is 8.77 Å². The highest BCUT2D eigenvalue weighted by atomic mass is 127. The topological polar surface area (TPSA) is 39.0 Å². The van der Waals surface area contributed by atoms with Crippen molar-refractivity contribution in [3.63, 3.8) is 0 Å². The minimum atomic E-state index is -0.150. The molecule has 2 fully saturated rings. The predicted molar refractivity (Wildman–Crippen MR) is 153 cm³/mol. The molecule has 1 aromatic carbocycles. The molecule has 33 heavy (non-hydrogen) atoms. The maximum absolute atomic E-state index is 13.1. The maximum Gasteiger partial charge on any atom is 0.275 e. The fourth-order valence-corrected chi connectivity index (χ4v) is 8.13. The molecule has 0 aliphatic heterocycles.